The largest absolute Gasteiger partial charge is 0.325 e. The van der Waals surface area contributed by atoms with Crippen molar-refractivity contribution in [1.29, 1.82) is 0 Å². The number of nitrogens with one attached hydrogen (secondary N) is 2. The van der Waals surface area contributed by atoms with Crippen LogP contribution in [0.3, 0.4) is 0 Å². The normalized spacial score (nSPS) is 17.6. The van der Waals surface area contributed by atoms with Crippen molar-refractivity contribution in [3.8, 4) is 0 Å². The number of piperidine rings is 1. The van der Waals surface area contributed by atoms with Crippen LogP contribution in [0.2, 0.25) is 0 Å². The summed E-state index contributed by atoms with van der Waals surface area (Å²) >= 11 is 0. The van der Waals surface area contributed by atoms with Gasteiger partial charge in [-0.05, 0) is 75.4 Å². The van der Waals surface area contributed by atoms with Crippen LogP contribution in [0.15, 0.2) is 47.4 Å². The van der Waals surface area contributed by atoms with Crippen molar-refractivity contribution >= 4 is 21.6 Å². The van der Waals surface area contributed by atoms with E-state index in [2.05, 4.69) is 14.9 Å². The first kappa shape index (κ1) is 22.5. The molecule has 2 N–H and O–H groups in total. The van der Waals surface area contributed by atoms with Crippen LogP contribution < -0.4 is 10.0 Å². The molecule has 0 spiro atoms. The lowest BCUT2D eigenvalue weighted by Gasteiger charge is -2.32. The van der Waals surface area contributed by atoms with E-state index in [-0.39, 0.29) is 16.7 Å². The summed E-state index contributed by atoms with van der Waals surface area (Å²) in [5.74, 6) is 0.150. The van der Waals surface area contributed by atoms with Crippen molar-refractivity contribution in [3.63, 3.8) is 0 Å². The number of anilines is 1. The number of amides is 1. The standard InChI is InChI=1S/C23H31N3O3S/c1-17-9-11-21(12-10-17)30(28,29)24-14-20-7-5-13-26(15-20)16-23(27)25-22-8-4-6-18(2)19(22)3/h4,6,8-12,20,24H,5,7,13-16H2,1-3H3,(H,25,27). The van der Waals surface area contributed by atoms with Gasteiger partial charge in [0.25, 0.3) is 0 Å². The van der Waals surface area contributed by atoms with Crippen LogP contribution in [0, 0.1) is 26.7 Å². The Balaban J connectivity index is 1.52. The molecule has 1 unspecified atom stereocenters. The van der Waals surface area contributed by atoms with Crippen molar-refractivity contribution in [2.24, 2.45) is 5.92 Å². The van der Waals surface area contributed by atoms with E-state index in [1.807, 2.05) is 39.0 Å². The van der Waals surface area contributed by atoms with Gasteiger partial charge < -0.3 is 5.32 Å². The molecule has 2 aromatic rings. The number of aryl methyl sites for hydroxylation is 2. The fourth-order valence-corrected chi connectivity index (χ4v) is 4.89. The van der Waals surface area contributed by atoms with Crippen LogP contribution in [0.1, 0.15) is 29.5 Å². The highest BCUT2D eigenvalue weighted by molar-refractivity contribution is 7.89. The van der Waals surface area contributed by atoms with E-state index in [9.17, 15) is 13.2 Å². The number of carbonyl (C=O) groups excluding carboxylic acids is 1. The molecule has 30 heavy (non-hydrogen) atoms. The van der Waals surface area contributed by atoms with E-state index in [4.69, 9.17) is 0 Å². The van der Waals surface area contributed by atoms with E-state index in [0.29, 0.717) is 19.6 Å². The third-order valence-corrected chi connectivity index (χ3v) is 7.18. The van der Waals surface area contributed by atoms with Gasteiger partial charge in [-0.3, -0.25) is 9.69 Å². The Morgan fingerprint density at radius 1 is 1.10 bits per heavy atom. The lowest BCUT2D eigenvalue weighted by atomic mass is 9.98. The Morgan fingerprint density at radius 2 is 1.83 bits per heavy atom. The summed E-state index contributed by atoms with van der Waals surface area (Å²) in [6.07, 6.45) is 1.90. The predicted molar refractivity (Wildman–Crippen MR) is 120 cm³/mol. The Hall–Kier alpha value is -2.22. The third kappa shape index (κ3) is 5.90. The van der Waals surface area contributed by atoms with Crippen molar-refractivity contribution in [1.82, 2.24) is 9.62 Å². The average molecular weight is 430 g/mol. The maximum absolute atomic E-state index is 12.5. The number of rotatable bonds is 7. The van der Waals surface area contributed by atoms with E-state index in [0.717, 1.165) is 41.8 Å². The van der Waals surface area contributed by atoms with Gasteiger partial charge in [-0.2, -0.15) is 0 Å². The van der Waals surface area contributed by atoms with Crippen molar-refractivity contribution in [2.45, 2.75) is 38.5 Å². The van der Waals surface area contributed by atoms with Gasteiger partial charge in [0.05, 0.1) is 11.4 Å². The van der Waals surface area contributed by atoms with Crippen molar-refractivity contribution < 1.29 is 13.2 Å². The molecule has 1 amide bonds. The fraction of sp³-hybridized carbons (Fsp3) is 0.435. The van der Waals surface area contributed by atoms with Crippen molar-refractivity contribution in [2.75, 3.05) is 31.5 Å². The number of sulfonamides is 1. The minimum Gasteiger partial charge on any atom is -0.325 e. The molecule has 0 saturated carbocycles. The number of hydrogen-bond donors (Lipinski definition) is 2. The van der Waals surface area contributed by atoms with Gasteiger partial charge >= 0.3 is 0 Å². The molecule has 2 aromatic carbocycles. The summed E-state index contributed by atoms with van der Waals surface area (Å²) < 4.78 is 27.8. The zero-order valence-corrected chi connectivity index (χ0v) is 18.8. The number of carbonyl (C=O) groups is 1. The van der Waals surface area contributed by atoms with Crippen LogP contribution in [0.5, 0.6) is 0 Å². The van der Waals surface area contributed by atoms with Gasteiger partial charge in [-0.25, -0.2) is 13.1 Å². The highest BCUT2D eigenvalue weighted by atomic mass is 32.2. The smallest absolute Gasteiger partial charge is 0.240 e. The molecule has 0 aliphatic carbocycles. The maximum atomic E-state index is 12.5. The number of hydrogen-bond acceptors (Lipinski definition) is 4. The summed E-state index contributed by atoms with van der Waals surface area (Å²) in [6, 6.07) is 12.7. The molecule has 3 rings (SSSR count). The number of nitrogens with zero attached hydrogens (tertiary/aromatic N) is 1. The first-order valence-corrected chi connectivity index (χ1v) is 11.9. The van der Waals surface area contributed by atoms with Crippen LogP contribution in [0.4, 0.5) is 5.69 Å². The Morgan fingerprint density at radius 3 is 2.57 bits per heavy atom. The molecule has 0 aromatic heterocycles. The molecule has 1 fully saturated rings. The van der Waals surface area contributed by atoms with E-state index < -0.39 is 10.0 Å². The summed E-state index contributed by atoms with van der Waals surface area (Å²) in [7, 11) is -3.51. The van der Waals surface area contributed by atoms with Gasteiger partial charge in [0, 0.05) is 18.8 Å². The van der Waals surface area contributed by atoms with Crippen LogP contribution in [0.25, 0.3) is 0 Å². The Labute approximate surface area is 179 Å². The first-order valence-electron chi connectivity index (χ1n) is 10.4. The molecule has 1 heterocycles. The minimum absolute atomic E-state index is 0.0374. The van der Waals surface area contributed by atoms with Gasteiger partial charge in [-0.15, -0.1) is 0 Å². The van der Waals surface area contributed by atoms with Gasteiger partial charge in [0.1, 0.15) is 0 Å². The molecular weight excluding hydrogens is 398 g/mol. The van der Waals surface area contributed by atoms with Gasteiger partial charge in [0.2, 0.25) is 15.9 Å². The molecule has 0 bridgehead atoms. The Bertz CT molecular complexity index is 987. The highest BCUT2D eigenvalue weighted by Gasteiger charge is 2.24. The predicted octanol–water partition coefficient (Wildman–Crippen LogP) is 3.24. The molecule has 1 atom stereocenters. The molecule has 162 valence electrons. The molecule has 6 nitrogen and oxygen atoms in total. The Kier molecular flexibility index (Phi) is 7.28. The molecular formula is C23H31N3O3S. The van der Waals surface area contributed by atoms with Crippen LogP contribution in [-0.4, -0.2) is 45.4 Å². The summed E-state index contributed by atoms with van der Waals surface area (Å²) in [4.78, 5) is 14.9. The van der Waals surface area contributed by atoms with E-state index >= 15 is 0 Å². The molecule has 1 aliphatic heterocycles. The SMILES string of the molecule is Cc1ccc(S(=O)(=O)NCC2CCCN(CC(=O)Nc3cccc(C)c3C)C2)cc1. The van der Waals surface area contributed by atoms with Gasteiger partial charge in [-0.1, -0.05) is 29.8 Å². The lowest BCUT2D eigenvalue weighted by molar-refractivity contribution is -0.117. The summed E-state index contributed by atoms with van der Waals surface area (Å²) in [5.41, 5.74) is 4.09. The quantitative estimate of drug-likeness (QED) is 0.708. The fourth-order valence-electron chi connectivity index (χ4n) is 3.77. The number of benzene rings is 2. The van der Waals surface area contributed by atoms with Crippen LogP contribution >= 0.6 is 0 Å². The second-order valence-electron chi connectivity index (χ2n) is 8.20. The topological polar surface area (TPSA) is 78.5 Å². The second-order valence-corrected chi connectivity index (χ2v) is 9.97. The van der Waals surface area contributed by atoms with Crippen molar-refractivity contribution in [3.05, 3.63) is 59.2 Å². The number of likely N-dealkylation sites (tertiary alicyclic amines) is 1. The summed E-state index contributed by atoms with van der Waals surface area (Å²) in [5, 5.41) is 3.00. The third-order valence-electron chi connectivity index (χ3n) is 5.74. The second kappa shape index (κ2) is 9.73. The molecule has 1 saturated heterocycles. The van der Waals surface area contributed by atoms with E-state index in [1.54, 1.807) is 24.3 Å². The lowest BCUT2D eigenvalue weighted by Crippen LogP contribution is -2.43. The molecule has 7 heteroatoms. The molecule has 0 radical (unpaired) electrons. The molecule has 1 aliphatic rings. The zero-order chi connectivity index (χ0) is 21.7. The zero-order valence-electron chi connectivity index (χ0n) is 17.9. The summed E-state index contributed by atoms with van der Waals surface area (Å²) in [6.45, 7) is 8.20. The first-order chi connectivity index (χ1) is 14.2. The monoisotopic (exact) mass is 429 g/mol. The van der Waals surface area contributed by atoms with Crippen LogP contribution in [-0.2, 0) is 14.8 Å². The van der Waals surface area contributed by atoms with Gasteiger partial charge in [0.15, 0.2) is 0 Å². The average Bonchev–Trinajstić information content (AvgIpc) is 2.71. The highest BCUT2D eigenvalue weighted by Crippen LogP contribution is 2.20. The van der Waals surface area contributed by atoms with E-state index in [1.165, 1.54) is 0 Å². The minimum atomic E-state index is -3.51. The maximum Gasteiger partial charge on any atom is 0.240 e.